The van der Waals surface area contributed by atoms with Gasteiger partial charge in [-0.2, -0.15) is 0 Å². The summed E-state index contributed by atoms with van der Waals surface area (Å²) in [5, 5.41) is 0. The maximum atomic E-state index is 6.18. The Morgan fingerprint density at radius 1 is 1.32 bits per heavy atom. The van der Waals surface area contributed by atoms with Gasteiger partial charge >= 0.3 is 0 Å². The van der Waals surface area contributed by atoms with Crippen LogP contribution in [0.2, 0.25) is 0 Å². The van der Waals surface area contributed by atoms with Crippen LogP contribution in [0.5, 0.6) is 5.75 Å². The van der Waals surface area contributed by atoms with Crippen molar-refractivity contribution in [2.45, 2.75) is 31.2 Å². The molecule has 104 valence electrons. The third-order valence-corrected chi connectivity index (χ3v) is 5.42. The Balaban J connectivity index is 1.86. The van der Waals surface area contributed by atoms with Gasteiger partial charge in [-0.3, -0.25) is 0 Å². The molecule has 2 fully saturated rings. The Bertz CT molecular complexity index is 445. The topological polar surface area (TPSA) is 38.5 Å². The van der Waals surface area contributed by atoms with Crippen LogP contribution in [0.3, 0.4) is 0 Å². The zero-order valence-electron chi connectivity index (χ0n) is 11.9. The molecule has 2 saturated carbocycles. The smallest absolute Gasteiger partial charge is 0.119 e. The van der Waals surface area contributed by atoms with Gasteiger partial charge in [-0.1, -0.05) is 0 Å². The molecular formula is C16H24N2O. The third-order valence-electron chi connectivity index (χ3n) is 5.42. The molecule has 0 saturated heterocycles. The number of likely N-dealkylation sites (N-methyl/N-ethyl adjacent to an activating group) is 1. The normalized spacial score (nSPS) is 32.6. The van der Waals surface area contributed by atoms with Gasteiger partial charge in [-0.05, 0) is 61.8 Å². The summed E-state index contributed by atoms with van der Waals surface area (Å²) in [4.78, 5) is 2.43. The van der Waals surface area contributed by atoms with E-state index in [1.807, 2.05) is 12.1 Å². The van der Waals surface area contributed by atoms with E-state index in [1.165, 1.54) is 31.4 Å². The van der Waals surface area contributed by atoms with Gasteiger partial charge in [0.1, 0.15) is 5.75 Å². The maximum absolute atomic E-state index is 6.18. The van der Waals surface area contributed by atoms with E-state index >= 15 is 0 Å². The van der Waals surface area contributed by atoms with Crippen LogP contribution in [0.25, 0.3) is 0 Å². The van der Waals surface area contributed by atoms with E-state index in [0.29, 0.717) is 0 Å². The highest BCUT2D eigenvalue weighted by molar-refractivity contribution is 5.51. The van der Waals surface area contributed by atoms with Crippen molar-refractivity contribution in [3.63, 3.8) is 0 Å². The highest BCUT2D eigenvalue weighted by Crippen LogP contribution is 2.53. The van der Waals surface area contributed by atoms with E-state index in [2.05, 4.69) is 24.1 Å². The Hall–Kier alpha value is -1.22. The molecule has 0 amide bonds. The first-order valence-electron chi connectivity index (χ1n) is 7.27. The number of benzene rings is 1. The lowest BCUT2D eigenvalue weighted by molar-refractivity contribution is 0.267. The number of ether oxygens (including phenoxy) is 1. The van der Waals surface area contributed by atoms with Crippen molar-refractivity contribution >= 4 is 5.69 Å². The minimum absolute atomic E-state index is 0.178. The molecule has 0 aromatic heterocycles. The SMILES string of the molecule is COc1ccc(N(C)C2(CN)CC3CCC2C3)cc1. The second-order valence-corrected chi connectivity index (χ2v) is 6.14. The molecule has 1 aromatic rings. The number of rotatable bonds is 4. The van der Waals surface area contributed by atoms with Crippen molar-refractivity contribution in [2.24, 2.45) is 17.6 Å². The minimum atomic E-state index is 0.178. The summed E-state index contributed by atoms with van der Waals surface area (Å²) in [6.07, 6.45) is 5.39. The second kappa shape index (κ2) is 4.71. The van der Waals surface area contributed by atoms with Gasteiger partial charge in [0.25, 0.3) is 0 Å². The fraction of sp³-hybridized carbons (Fsp3) is 0.625. The van der Waals surface area contributed by atoms with Crippen molar-refractivity contribution in [1.82, 2.24) is 0 Å². The average molecular weight is 260 g/mol. The molecule has 3 atom stereocenters. The van der Waals surface area contributed by atoms with E-state index in [1.54, 1.807) is 7.11 Å². The lowest BCUT2D eigenvalue weighted by Gasteiger charge is -2.46. The summed E-state index contributed by atoms with van der Waals surface area (Å²) in [6, 6.07) is 8.34. The van der Waals surface area contributed by atoms with Crippen LogP contribution in [0, 0.1) is 11.8 Å². The molecule has 1 aromatic carbocycles. The summed E-state index contributed by atoms with van der Waals surface area (Å²) in [6.45, 7) is 0.761. The summed E-state index contributed by atoms with van der Waals surface area (Å²) in [5.41, 5.74) is 7.61. The van der Waals surface area contributed by atoms with Crippen molar-refractivity contribution in [3.8, 4) is 5.75 Å². The van der Waals surface area contributed by atoms with Crippen LogP contribution < -0.4 is 15.4 Å². The van der Waals surface area contributed by atoms with Crippen molar-refractivity contribution < 1.29 is 4.74 Å². The van der Waals surface area contributed by atoms with Gasteiger partial charge in [0.2, 0.25) is 0 Å². The molecule has 2 bridgehead atoms. The molecule has 19 heavy (non-hydrogen) atoms. The van der Waals surface area contributed by atoms with Crippen molar-refractivity contribution in [1.29, 1.82) is 0 Å². The summed E-state index contributed by atoms with van der Waals surface area (Å²) < 4.78 is 5.23. The minimum Gasteiger partial charge on any atom is -0.497 e. The number of nitrogens with two attached hydrogens (primary N) is 1. The highest BCUT2D eigenvalue weighted by atomic mass is 16.5. The largest absolute Gasteiger partial charge is 0.497 e. The van der Waals surface area contributed by atoms with Gasteiger partial charge in [0, 0.05) is 19.3 Å². The molecule has 3 unspecified atom stereocenters. The van der Waals surface area contributed by atoms with Crippen LogP contribution in [-0.4, -0.2) is 26.2 Å². The third kappa shape index (κ3) is 1.91. The van der Waals surface area contributed by atoms with Gasteiger partial charge < -0.3 is 15.4 Å². The monoisotopic (exact) mass is 260 g/mol. The van der Waals surface area contributed by atoms with Crippen molar-refractivity contribution in [3.05, 3.63) is 24.3 Å². The summed E-state index contributed by atoms with van der Waals surface area (Å²) >= 11 is 0. The first-order valence-corrected chi connectivity index (χ1v) is 7.27. The van der Waals surface area contributed by atoms with Crippen LogP contribution in [0.1, 0.15) is 25.7 Å². The molecule has 0 aliphatic heterocycles. The lowest BCUT2D eigenvalue weighted by atomic mass is 9.79. The molecule has 2 aliphatic rings. The molecule has 0 spiro atoms. The summed E-state index contributed by atoms with van der Waals surface area (Å²) in [5.74, 6) is 2.58. The Kier molecular flexibility index (Phi) is 3.17. The Labute approximate surface area is 115 Å². The van der Waals surface area contributed by atoms with Crippen LogP contribution in [-0.2, 0) is 0 Å². The lowest BCUT2D eigenvalue weighted by Crippen LogP contribution is -2.56. The predicted molar refractivity (Wildman–Crippen MR) is 78.6 cm³/mol. The van der Waals surface area contributed by atoms with Gasteiger partial charge in [-0.15, -0.1) is 0 Å². The molecule has 2 N–H and O–H groups in total. The molecule has 2 aliphatic carbocycles. The highest BCUT2D eigenvalue weighted by Gasteiger charge is 2.52. The van der Waals surface area contributed by atoms with Gasteiger partial charge in [0.05, 0.1) is 12.6 Å². The quantitative estimate of drug-likeness (QED) is 0.904. The van der Waals surface area contributed by atoms with Gasteiger partial charge in [-0.25, -0.2) is 0 Å². The van der Waals surface area contributed by atoms with E-state index < -0.39 is 0 Å². The molecule has 3 nitrogen and oxygen atoms in total. The molecular weight excluding hydrogens is 236 g/mol. The zero-order chi connectivity index (χ0) is 13.5. The van der Waals surface area contributed by atoms with Crippen LogP contribution >= 0.6 is 0 Å². The first-order chi connectivity index (χ1) is 9.19. The number of nitrogens with zero attached hydrogens (tertiary/aromatic N) is 1. The van der Waals surface area contributed by atoms with E-state index in [0.717, 1.165) is 24.1 Å². The fourth-order valence-electron chi connectivity index (χ4n) is 4.28. The van der Waals surface area contributed by atoms with Crippen LogP contribution in [0.15, 0.2) is 24.3 Å². The van der Waals surface area contributed by atoms with E-state index in [9.17, 15) is 0 Å². The number of methoxy groups -OCH3 is 1. The first kappa shape index (κ1) is 12.8. The Morgan fingerprint density at radius 2 is 2.05 bits per heavy atom. The summed E-state index contributed by atoms with van der Waals surface area (Å²) in [7, 11) is 3.91. The van der Waals surface area contributed by atoms with E-state index in [4.69, 9.17) is 10.5 Å². The Morgan fingerprint density at radius 3 is 2.53 bits per heavy atom. The standard InChI is InChI=1S/C16H24N2O/c1-18(14-5-7-15(19-2)8-6-14)16(11-17)10-12-3-4-13(16)9-12/h5-8,12-13H,3-4,9-11,17H2,1-2H3. The number of hydrogen-bond donors (Lipinski definition) is 1. The van der Waals surface area contributed by atoms with Gasteiger partial charge in [0.15, 0.2) is 0 Å². The zero-order valence-corrected chi connectivity index (χ0v) is 11.9. The maximum Gasteiger partial charge on any atom is 0.119 e. The number of hydrogen-bond acceptors (Lipinski definition) is 3. The number of anilines is 1. The predicted octanol–water partition coefficient (Wildman–Crippen LogP) is 2.65. The van der Waals surface area contributed by atoms with E-state index in [-0.39, 0.29) is 5.54 Å². The molecule has 3 rings (SSSR count). The van der Waals surface area contributed by atoms with Crippen molar-refractivity contribution in [2.75, 3.05) is 25.6 Å². The molecule has 0 radical (unpaired) electrons. The van der Waals surface area contributed by atoms with Crippen LogP contribution in [0.4, 0.5) is 5.69 Å². The second-order valence-electron chi connectivity index (χ2n) is 6.14. The fourth-order valence-corrected chi connectivity index (χ4v) is 4.28. The molecule has 0 heterocycles. The molecule has 3 heteroatoms. The number of fused-ring (bicyclic) bond motifs is 2. The average Bonchev–Trinajstić information content (AvgIpc) is 3.07.